The molecule has 0 saturated carbocycles. The molecule has 0 aromatic carbocycles. The summed E-state index contributed by atoms with van der Waals surface area (Å²) in [6.07, 6.45) is 1.42. The molecular weight excluding hydrogens is 186 g/mol. The van der Waals surface area contributed by atoms with Gasteiger partial charge in [0.1, 0.15) is 6.04 Å². The summed E-state index contributed by atoms with van der Waals surface area (Å²) >= 11 is 0. The molecule has 5 heteroatoms. The van der Waals surface area contributed by atoms with Crippen molar-refractivity contribution < 1.29 is 14.6 Å². The van der Waals surface area contributed by atoms with E-state index in [0.29, 0.717) is 0 Å². The number of methoxy groups -OCH3 is 1. The van der Waals surface area contributed by atoms with Crippen LogP contribution in [0.15, 0.2) is 23.1 Å². The van der Waals surface area contributed by atoms with E-state index in [1.54, 1.807) is 6.07 Å². The largest absolute Gasteiger partial charge is 0.491 e. The van der Waals surface area contributed by atoms with Gasteiger partial charge in [0, 0.05) is 6.20 Å². The molecule has 1 heterocycles. The van der Waals surface area contributed by atoms with Crippen molar-refractivity contribution in [1.82, 2.24) is 4.57 Å². The molecule has 0 spiro atoms. The van der Waals surface area contributed by atoms with Gasteiger partial charge >= 0.3 is 5.97 Å². The fourth-order valence-corrected chi connectivity index (χ4v) is 1.07. The number of carboxylic acids is 1. The van der Waals surface area contributed by atoms with Gasteiger partial charge in [0.05, 0.1) is 7.11 Å². The van der Waals surface area contributed by atoms with Gasteiger partial charge in [-0.2, -0.15) is 0 Å². The Bertz CT molecular complexity index is 396. The number of hydrogen-bond acceptors (Lipinski definition) is 3. The van der Waals surface area contributed by atoms with Crippen LogP contribution in [0.5, 0.6) is 5.75 Å². The second-order valence-corrected chi connectivity index (χ2v) is 2.80. The molecule has 0 saturated heterocycles. The lowest BCUT2D eigenvalue weighted by molar-refractivity contribution is -0.140. The molecule has 0 aliphatic rings. The Morgan fingerprint density at radius 1 is 1.64 bits per heavy atom. The lowest BCUT2D eigenvalue weighted by Gasteiger charge is -2.10. The van der Waals surface area contributed by atoms with Crippen LogP contribution < -0.4 is 10.3 Å². The molecule has 1 aromatic rings. The number of aliphatic carboxylic acids is 1. The Hall–Kier alpha value is -1.78. The first-order valence-electron chi connectivity index (χ1n) is 4.06. The zero-order chi connectivity index (χ0) is 10.7. The van der Waals surface area contributed by atoms with E-state index in [-0.39, 0.29) is 5.75 Å². The topological polar surface area (TPSA) is 68.5 Å². The number of carboxylic acid groups (broad SMARTS) is 1. The highest BCUT2D eigenvalue weighted by atomic mass is 16.5. The van der Waals surface area contributed by atoms with Crippen molar-refractivity contribution in [2.75, 3.05) is 7.11 Å². The van der Waals surface area contributed by atoms with Gasteiger partial charge in [-0.1, -0.05) is 0 Å². The molecule has 0 unspecified atom stereocenters. The summed E-state index contributed by atoms with van der Waals surface area (Å²) in [6.45, 7) is 1.43. The quantitative estimate of drug-likeness (QED) is 0.766. The monoisotopic (exact) mass is 197 g/mol. The molecule has 1 rings (SSSR count). The highest BCUT2D eigenvalue weighted by Gasteiger charge is 2.15. The van der Waals surface area contributed by atoms with Gasteiger partial charge in [-0.25, -0.2) is 4.79 Å². The Labute approximate surface area is 80.6 Å². The summed E-state index contributed by atoms with van der Waals surface area (Å²) < 4.78 is 5.90. The molecule has 0 aliphatic heterocycles. The summed E-state index contributed by atoms with van der Waals surface area (Å²) in [6, 6.07) is 2.17. The fraction of sp³-hybridized carbons (Fsp3) is 0.333. The van der Waals surface area contributed by atoms with E-state index in [2.05, 4.69) is 0 Å². The van der Waals surface area contributed by atoms with Crippen LogP contribution in [0, 0.1) is 0 Å². The van der Waals surface area contributed by atoms with E-state index in [0.717, 1.165) is 4.57 Å². The van der Waals surface area contributed by atoms with E-state index in [1.165, 1.54) is 26.3 Å². The maximum atomic E-state index is 11.5. The average molecular weight is 197 g/mol. The number of pyridine rings is 1. The Morgan fingerprint density at radius 3 is 2.79 bits per heavy atom. The summed E-state index contributed by atoms with van der Waals surface area (Å²) in [5, 5.41) is 8.72. The molecule has 1 N–H and O–H groups in total. The van der Waals surface area contributed by atoms with Crippen molar-refractivity contribution in [3.63, 3.8) is 0 Å². The van der Waals surface area contributed by atoms with Crippen molar-refractivity contribution in [2.45, 2.75) is 13.0 Å². The minimum atomic E-state index is -1.06. The van der Waals surface area contributed by atoms with Gasteiger partial charge in [-0.05, 0) is 19.1 Å². The average Bonchev–Trinajstić information content (AvgIpc) is 2.17. The van der Waals surface area contributed by atoms with Gasteiger partial charge in [0.15, 0.2) is 5.75 Å². The molecule has 14 heavy (non-hydrogen) atoms. The second-order valence-electron chi connectivity index (χ2n) is 2.80. The van der Waals surface area contributed by atoms with Crippen molar-refractivity contribution >= 4 is 5.97 Å². The van der Waals surface area contributed by atoms with Crippen LogP contribution in [0.4, 0.5) is 0 Å². The maximum Gasteiger partial charge on any atom is 0.326 e. The van der Waals surface area contributed by atoms with Crippen molar-refractivity contribution in [2.24, 2.45) is 0 Å². The molecule has 1 atom stereocenters. The predicted molar refractivity (Wildman–Crippen MR) is 49.6 cm³/mol. The number of aromatic nitrogens is 1. The first-order chi connectivity index (χ1) is 6.57. The first kappa shape index (κ1) is 10.3. The van der Waals surface area contributed by atoms with E-state index >= 15 is 0 Å². The summed E-state index contributed by atoms with van der Waals surface area (Å²) in [7, 11) is 1.37. The van der Waals surface area contributed by atoms with Crippen LogP contribution in [0.3, 0.4) is 0 Å². The number of ether oxygens (including phenoxy) is 1. The van der Waals surface area contributed by atoms with Gasteiger partial charge in [0.25, 0.3) is 5.56 Å². The van der Waals surface area contributed by atoms with Crippen LogP contribution >= 0.6 is 0 Å². The highest BCUT2D eigenvalue weighted by Crippen LogP contribution is 2.06. The van der Waals surface area contributed by atoms with E-state index in [4.69, 9.17) is 9.84 Å². The Kier molecular flexibility index (Phi) is 2.91. The van der Waals surface area contributed by atoms with E-state index < -0.39 is 17.6 Å². The molecule has 0 fully saturated rings. The lowest BCUT2D eigenvalue weighted by atomic mass is 10.3. The zero-order valence-corrected chi connectivity index (χ0v) is 7.93. The summed E-state index contributed by atoms with van der Waals surface area (Å²) in [4.78, 5) is 22.2. The third kappa shape index (κ3) is 1.76. The molecule has 0 bridgehead atoms. The van der Waals surface area contributed by atoms with Crippen LogP contribution in [0.25, 0.3) is 0 Å². The molecule has 76 valence electrons. The fourth-order valence-electron chi connectivity index (χ4n) is 1.07. The minimum Gasteiger partial charge on any atom is -0.491 e. The number of rotatable bonds is 3. The third-order valence-electron chi connectivity index (χ3n) is 1.93. The smallest absolute Gasteiger partial charge is 0.326 e. The first-order valence-corrected chi connectivity index (χ1v) is 4.06. The van der Waals surface area contributed by atoms with E-state index in [9.17, 15) is 9.59 Å². The van der Waals surface area contributed by atoms with Crippen LogP contribution in [-0.2, 0) is 4.79 Å². The Balaban J connectivity index is 3.23. The van der Waals surface area contributed by atoms with Gasteiger partial charge in [-0.15, -0.1) is 0 Å². The van der Waals surface area contributed by atoms with Gasteiger partial charge in [0.2, 0.25) is 0 Å². The predicted octanol–water partition coefficient (Wildman–Crippen LogP) is 0.502. The zero-order valence-electron chi connectivity index (χ0n) is 7.93. The second kappa shape index (κ2) is 3.95. The van der Waals surface area contributed by atoms with Crippen LogP contribution in [0.1, 0.15) is 13.0 Å². The lowest BCUT2D eigenvalue weighted by Crippen LogP contribution is -2.27. The number of hydrogen-bond donors (Lipinski definition) is 1. The van der Waals surface area contributed by atoms with E-state index in [1.807, 2.05) is 0 Å². The molecule has 0 amide bonds. The summed E-state index contributed by atoms with van der Waals surface area (Å²) in [5.41, 5.74) is -0.440. The normalized spacial score (nSPS) is 12.1. The molecular formula is C9H11NO4. The SMILES string of the molecule is COc1cccn([C@@H](C)C(=O)O)c1=O. The van der Waals surface area contributed by atoms with Crippen LogP contribution in [-0.4, -0.2) is 22.8 Å². The van der Waals surface area contributed by atoms with Crippen molar-refractivity contribution in [3.8, 4) is 5.75 Å². The molecule has 1 aromatic heterocycles. The number of nitrogens with zero attached hydrogens (tertiary/aromatic N) is 1. The summed E-state index contributed by atoms with van der Waals surface area (Å²) in [5.74, 6) is -0.916. The molecule has 0 radical (unpaired) electrons. The molecule has 5 nitrogen and oxygen atoms in total. The highest BCUT2D eigenvalue weighted by molar-refractivity contribution is 5.71. The Morgan fingerprint density at radius 2 is 2.29 bits per heavy atom. The third-order valence-corrected chi connectivity index (χ3v) is 1.93. The minimum absolute atomic E-state index is 0.139. The standard InChI is InChI=1S/C9H11NO4/c1-6(9(12)13)10-5-3-4-7(14-2)8(10)11/h3-6H,1-2H3,(H,12,13)/t6-/m0/s1. The van der Waals surface area contributed by atoms with Crippen molar-refractivity contribution in [1.29, 1.82) is 0 Å². The van der Waals surface area contributed by atoms with Crippen molar-refractivity contribution in [3.05, 3.63) is 28.7 Å². The number of carbonyl (C=O) groups is 1. The van der Waals surface area contributed by atoms with Gasteiger partial charge < -0.3 is 9.84 Å². The van der Waals surface area contributed by atoms with Gasteiger partial charge in [-0.3, -0.25) is 9.36 Å². The molecule has 0 aliphatic carbocycles. The van der Waals surface area contributed by atoms with Crippen LogP contribution in [0.2, 0.25) is 0 Å². The maximum absolute atomic E-state index is 11.5.